The number of aromatic nitrogens is 2. The highest BCUT2D eigenvalue weighted by molar-refractivity contribution is 7.13. The van der Waals surface area contributed by atoms with Crippen LogP contribution in [0.25, 0.3) is 10.6 Å². The Morgan fingerprint density at radius 2 is 2.00 bits per heavy atom. The molecule has 0 saturated carbocycles. The minimum absolute atomic E-state index is 0.828. The highest BCUT2D eigenvalue weighted by Gasteiger charge is 2.02. The third-order valence-electron chi connectivity index (χ3n) is 2.93. The van der Waals surface area contributed by atoms with E-state index < -0.39 is 0 Å². The lowest BCUT2D eigenvalue weighted by Crippen LogP contribution is -1.96. The molecule has 0 amide bonds. The van der Waals surface area contributed by atoms with Gasteiger partial charge in [0.1, 0.15) is 5.01 Å². The fourth-order valence-corrected chi connectivity index (χ4v) is 3.33. The van der Waals surface area contributed by atoms with E-state index in [1.54, 1.807) is 22.7 Å². The largest absolute Gasteiger partial charge is 0.380 e. The zero-order valence-corrected chi connectivity index (χ0v) is 12.8. The van der Waals surface area contributed by atoms with Crippen LogP contribution in [0.5, 0.6) is 0 Å². The quantitative estimate of drug-likeness (QED) is 0.757. The summed E-state index contributed by atoms with van der Waals surface area (Å²) in [5.41, 5.74) is 2.29. The second kappa shape index (κ2) is 6.15. The molecule has 0 saturated heterocycles. The molecule has 20 heavy (non-hydrogen) atoms. The van der Waals surface area contributed by atoms with Crippen LogP contribution in [-0.2, 0) is 13.0 Å². The molecule has 3 aromatic rings. The molecule has 0 unspecified atom stereocenters. The van der Waals surface area contributed by atoms with E-state index in [0.717, 1.165) is 29.2 Å². The van der Waals surface area contributed by atoms with Gasteiger partial charge in [0.25, 0.3) is 0 Å². The van der Waals surface area contributed by atoms with Crippen LogP contribution in [-0.4, -0.2) is 9.97 Å². The third kappa shape index (κ3) is 3.05. The van der Waals surface area contributed by atoms with Crippen molar-refractivity contribution in [2.45, 2.75) is 19.9 Å². The Morgan fingerprint density at radius 3 is 2.65 bits per heavy atom. The van der Waals surface area contributed by atoms with E-state index in [-0.39, 0.29) is 0 Å². The number of rotatable bonds is 5. The van der Waals surface area contributed by atoms with Crippen molar-refractivity contribution in [3.05, 3.63) is 51.9 Å². The minimum Gasteiger partial charge on any atom is -0.380 e. The average molecular weight is 301 g/mol. The Hall–Kier alpha value is -1.72. The predicted octanol–water partition coefficient (Wildman–Crippen LogP) is 4.44. The maximum Gasteiger partial charge on any atom is 0.123 e. The maximum atomic E-state index is 4.37. The number of nitrogens with one attached hydrogen (secondary N) is 1. The van der Waals surface area contributed by atoms with Crippen molar-refractivity contribution in [2.75, 3.05) is 5.32 Å². The summed E-state index contributed by atoms with van der Waals surface area (Å²) < 4.78 is 0. The van der Waals surface area contributed by atoms with Crippen LogP contribution in [0.1, 0.15) is 16.8 Å². The van der Waals surface area contributed by atoms with Crippen molar-refractivity contribution >= 4 is 28.4 Å². The van der Waals surface area contributed by atoms with E-state index >= 15 is 0 Å². The fraction of sp³-hybridized carbons (Fsp3) is 0.200. The number of nitrogens with zero attached hydrogens (tertiary/aromatic N) is 2. The molecule has 0 atom stereocenters. The molecule has 0 bridgehead atoms. The summed E-state index contributed by atoms with van der Waals surface area (Å²) in [6.45, 7) is 2.96. The van der Waals surface area contributed by atoms with Gasteiger partial charge in [-0.15, -0.1) is 22.7 Å². The van der Waals surface area contributed by atoms with E-state index in [1.807, 2.05) is 17.8 Å². The second-order valence-corrected chi connectivity index (χ2v) is 6.44. The van der Waals surface area contributed by atoms with Crippen LogP contribution >= 0.6 is 22.7 Å². The van der Waals surface area contributed by atoms with Gasteiger partial charge in [-0.05, 0) is 30.7 Å². The smallest absolute Gasteiger partial charge is 0.123 e. The topological polar surface area (TPSA) is 37.8 Å². The zero-order valence-electron chi connectivity index (χ0n) is 11.2. The summed E-state index contributed by atoms with van der Waals surface area (Å²) >= 11 is 3.43. The highest BCUT2D eigenvalue weighted by atomic mass is 32.1. The van der Waals surface area contributed by atoms with Crippen LogP contribution < -0.4 is 5.32 Å². The van der Waals surface area contributed by atoms with Crippen LogP contribution in [0.3, 0.4) is 0 Å². The van der Waals surface area contributed by atoms with E-state index in [4.69, 9.17) is 0 Å². The molecule has 1 N–H and O–H groups in total. The van der Waals surface area contributed by atoms with Gasteiger partial charge in [-0.1, -0.05) is 6.92 Å². The molecule has 1 aromatic carbocycles. The Morgan fingerprint density at radius 1 is 1.15 bits per heavy atom. The van der Waals surface area contributed by atoms with Gasteiger partial charge in [0, 0.05) is 33.9 Å². The van der Waals surface area contributed by atoms with Crippen LogP contribution in [0.4, 0.5) is 5.69 Å². The normalized spacial score (nSPS) is 10.7. The van der Waals surface area contributed by atoms with E-state index in [2.05, 4.69) is 46.5 Å². The first kappa shape index (κ1) is 13.3. The van der Waals surface area contributed by atoms with Gasteiger partial charge in [0.2, 0.25) is 0 Å². The number of benzene rings is 1. The molecule has 2 aromatic heterocycles. The highest BCUT2D eigenvalue weighted by Crippen LogP contribution is 2.23. The van der Waals surface area contributed by atoms with Crippen molar-refractivity contribution in [2.24, 2.45) is 0 Å². The van der Waals surface area contributed by atoms with Crippen molar-refractivity contribution in [3.8, 4) is 10.6 Å². The summed E-state index contributed by atoms with van der Waals surface area (Å²) in [6.07, 6.45) is 4.80. The van der Waals surface area contributed by atoms with E-state index in [9.17, 15) is 0 Å². The predicted molar refractivity (Wildman–Crippen MR) is 86.4 cm³/mol. The van der Waals surface area contributed by atoms with Crippen molar-refractivity contribution in [3.63, 3.8) is 0 Å². The monoisotopic (exact) mass is 301 g/mol. The molecular weight excluding hydrogens is 286 g/mol. The SMILES string of the molecule is CCc1ncc(CNc2ccc(-c3nccs3)cc2)s1. The summed E-state index contributed by atoms with van der Waals surface area (Å²) in [5.74, 6) is 0. The molecule has 0 fully saturated rings. The standard InChI is InChI=1S/C15H15N3S2/c1-2-14-18-10-13(20-14)9-17-12-5-3-11(4-6-12)15-16-7-8-19-15/h3-8,10,17H,2,9H2,1H3. The lowest BCUT2D eigenvalue weighted by Gasteiger charge is -2.05. The molecular formula is C15H15N3S2. The first-order valence-electron chi connectivity index (χ1n) is 6.52. The molecule has 0 spiro atoms. The number of anilines is 1. The molecule has 102 valence electrons. The van der Waals surface area contributed by atoms with Crippen LogP contribution in [0.15, 0.2) is 42.0 Å². The van der Waals surface area contributed by atoms with Crippen molar-refractivity contribution in [1.29, 1.82) is 0 Å². The fourth-order valence-electron chi connectivity index (χ4n) is 1.88. The van der Waals surface area contributed by atoms with Gasteiger partial charge in [0.15, 0.2) is 0 Å². The molecule has 0 aliphatic rings. The first-order valence-corrected chi connectivity index (χ1v) is 8.22. The summed E-state index contributed by atoms with van der Waals surface area (Å²) in [4.78, 5) is 9.95. The molecule has 5 heteroatoms. The lowest BCUT2D eigenvalue weighted by atomic mass is 10.2. The molecule has 0 aliphatic heterocycles. The van der Waals surface area contributed by atoms with E-state index in [1.165, 1.54) is 9.88 Å². The van der Waals surface area contributed by atoms with Crippen molar-refractivity contribution < 1.29 is 0 Å². The second-order valence-electron chi connectivity index (χ2n) is 4.34. The molecule has 3 rings (SSSR count). The van der Waals surface area contributed by atoms with Gasteiger partial charge in [-0.25, -0.2) is 9.97 Å². The summed E-state index contributed by atoms with van der Waals surface area (Å²) in [5, 5.41) is 7.68. The van der Waals surface area contributed by atoms with Gasteiger partial charge in [0.05, 0.1) is 11.6 Å². The Bertz CT molecular complexity index is 657. The number of hydrogen-bond donors (Lipinski definition) is 1. The van der Waals surface area contributed by atoms with Gasteiger partial charge in [-0.2, -0.15) is 0 Å². The molecule has 0 aliphatic carbocycles. The Labute approximate surface area is 126 Å². The number of hydrogen-bond acceptors (Lipinski definition) is 5. The summed E-state index contributed by atoms with van der Waals surface area (Å²) in [7, 11) is 0. The molecule has 0 radical (unpaired) electrons. The van der Waals surface area contributed by atoms with E-state index in [0.29, 0.717) is 0 Å². The third-order valence-corrected chi connectivity index (χ3v) is 4.90. The summed E-state index contributed by atoms with van der Waals surface area (Å²) in [6, 6.07) is 8.40. The van der Waals surface area contributed by atoms with Gasteiger partial charge < -0.3 is 5.32 Å². The minimum atomic E-state index is 0.828. The lowest BCUT2D eigenvalue weighted by molar-refractivity contribution is 1.09. The molecule has 2 heterocycles. The van der Waals surface area contributed by atoms with Crippen LogP contribution in [0, 0.1) is 0 Å². The van der Waals surface area contributed by atoms with Gasteiger partial charge in [-0.3, -0.25) is 0 Å². The Balaban J connectivity index is 1.63. The first-order chi connectivity index (χ1) is 9.85. The molecule has 3 nitrogen and oxygen atoms in total. The zero-order chi connectivity index (χ0) is 13.8. The van der Waals surface area contributed by atoms with Gasteiger partial charge >= 0.3 is 0 Å². The van der Waals surface area contributed by atoms with Crippen LogP contribution in [0.2, 0.25) is 0 Å². The number of thiazole rings is 2. The average Bonchev–Trinajstić information content (AvgIpc) is 3.17. The maximum absolute atomic E-state index is 4.37. The number of aryl methyl sites for hydroxylation is 1. The Kier molecular flexibility index (Phi) is 4.08. The van der Waals surface area contributed by atoms with Crippen molar-refractivity contribution in [1.82, 2.24) is 9.97 Å².